The highest BCUT2D eigenvalue weighted by Gasteiger charge is 2.08. The summed E-state index contributed by atoms with van der Waals surface area (Å²) in [6, 6.07) is 7.42. The monoisotopic (exact) mass is 258 g/mol. The summed E-state index contributed by atoms with van der Waals surface area (Å²) in [6.07, 6.45) is 0. The third-order valence-electron chi connectivity index (χ3n) is 2.47. The van der Waals surface area contributed by atoms with Crippen molar-refractivity contribution in [3.63, 3.8) is 0 Å². The molecule has 0 fully saturated rings. The van der Waals surface area contributed by atoms with E-state index in [0.717, 1.165) is 11.3 Å². The summed E-state index contributed by atoms with van der Waals surface area (Å²) in [5.74, 6) is 1.81. The predicted octanol–water partition coefficient (Wildman–Crippen LogP) is -0.0899. The SMILES string of the molecule is COc1ccc(-c2nnn(Cc3nn[nH]n3)n2)cc1. The average molecular weight is 258 g/mol. The molecule has 2 aromatic heterocycles. The van der Waals surface area contributed by atoms with E-state index in [2.05, 4.69) is 36.0 Å². The van der Waals surface area contributed by atoms with Gasteiger partial charge in [0, 0.05) is 5.56 Å². The standard InChI is InChI=1S/C10H10N8O/c1-19-8-4-2-7(3-5-8)10-13-17-18(14-10)6-9-11-15-16-12-9/h2-5H,6H2,1H3,(H,11,12,15,16). The first kappa shape index (κ1) is 11.3. The van der Waals surface area contributed by atoms with E-state index in [1.165, 1.54) is 4.80 Å². The first-order valence-electron chi connectivity index (χ1n) is 5.50. The maximum absolute atomic E-state index is 5.09. The molecular weight excluding hydrogens is 248 g/mol. The number of hydrogen-bond acceptors (Lipinski definition) is 7. The lowest BCUT2D eigenvalue weighted by molar-refractivity contribution is 0.415. The van der Waals surface area contributed by atoms with Gasteiger partial charge in [0.2, 0.25) is 5.82 Å². The van der Waals surface area contributed by atoms with Gasteiger partial charge in [-0.05, 0) is 29.5 Å². The zero-order valence-electron chi connectivity index (χ0n) is 10.1. The van der Waals surface area contributed by atoms with Crippen molar-refractivity contribution in [1.82, 2.24) is 40.8 Å². The van der Waals surface area contributed by atoms with Gasteiger partial charge in [0.25, 0.3) is 0 Å². The summed E-state index contributed by atoms with van der Waals surface area (Å²) in [7, 11) is 1.62. The quantitative estimate of drug-likeness (QED) is 0.696. The van der Waals surface area contributed by atoms with Gasteiger partial charge >= 0.3 is 0 Å². The van der Waals surface area contributed by atoms with Gasteiger partial charge in [0.15, 0.2) is 5.82 Å². The number of tetrazole rings is 2. The molecule has 0 amide bonds. The summed E-state index contributed by atoms with van der Waals surface area (Å²) in [6.45, 7) is 0.319. The minimum Gasteiger partial charge on any atom is -0.497 e. The number of ether oxygens (including phenoxy) is 1. The van der Waals surface area contributed by atoms with E-state index in [1.807, 2.05) is 24.3 Å². The second-order valence-electron chi connectivity index (χ2n) is 3.70. The van der Waals surface area contributed by atoms with E-state index in [4.69, 9.17) is 4.74 Å². The van der Waals surface area contributed by atoms with E-state index in [-0.39, 0.29) is 0 Å². The minimum atomic E-state index is 0.319. The van der Waals surface area contributed by atoms with E-state index < -0.39 is 0 Å². The zero-order chi connectivity index (χ0) is 13.1. The zero-order valence-corrected chi connectivity index (χ0v) is 10.1. The number of aromatic nitrogens is 8. The molecule has 0 radical (unpaired) electrons. The molecule has 0 saturated carbocycles. The van der Waals surface area contributed by atoms with Gasteiger partial charge in [-0.15, -0.1) is 20.4 Å². The number of nitrogens with one attached hydrogen (secondary N) is 1. The van der Waals surface area contributed by atoms with Crippen molar-refractivity contribution in [2.24, 2.45) is 0 Å². The summed E-state index contributed by atoms with van der Waals surface area (Å²) in [5.41, 5.74) is 0.861. The Balaban J connectivity index is 1.80. The highest BCUT2D eigenvalue weighted by molar-refractivity contribution is 5.55. The molecule has 1 N–H and O–H groups in total. The first-order valence-corrected chi connectivity index (χ1v) is 5.50. The van der Waals surface area contributed by atoms with Crippen LogP contribution in [-0.2, 0) is 6.54 Å². The molecule has 2 heterocycles. The molecule has 1 aromatic carbocycles. The number of benzene rings is 1. The number of hydrogen-bond donors (Lipinski definition) is 1. The average Bonchev–Trinajstić information content (AvgIpc) is 3.11. The second kappa shape index (κ2) is 4.80. The van der Waals surface area contributed by atoms with Gasteiger partial charge in [0.05, 0.1) is 7.11 Å². The van der Waals surface area contributed by atoms with Gasteiger partial charge in [-0.25, -0.2) is 0 Å². The topological polar surface area (TPSA) is 107 Å². The van der Waals surface area contributed by atoms with Crippen LogP contribution in [-0.4, -0.2) is 47.9 Å². The summed E-state index contributed by atoms with van der Waals surface area (Å²) in [4.78, 5) is 1.41. The Kier molecular flexibility index (Phi) is 2.85. The van der Waals surface area contributed by atoms with Gasteiger partial charge in [0.1, 0.15) is 12.3 Å². The van der Waals surface area contributed by atoms with Crippen LogP contribution in [0.3, 0.4) is 0 Å². The van der Waals surface area contributed by atoms with Crippen LogP contribution in [0.25, 0.3) is 11.4 Å². The molecule has 19 heavy (non-hydrogen) atoms. The molecule has 0 bridgehead atoms. The van der Waals surface area contributed by atoms with Crippen molar-refractivity contribution < 1.29 is 4.74 Å². The minimum absolute atomic E-state index is 0.319. The van der Waals surface area contributed by atoms with Crippen LogP contribution in [0.5, 0.6) is 5.75 Å². The van der Waals surface area contributed by atoms with Gasteiger partial charge in [-0.3, -0.25) is 0 Å². The molecule has 9 nitrogen and oxygen atoms in total. The molecule has 0 atom stereocenters. The molecule has 3 aromatic rings. The lowest BCUT2D eigenvalue weighted by atomic mass is 10.2. The summed E-state index contributed by atoms with van der Waals surface area (Å²) in [5, 5.41) is 25.6. The molecular formula is C10H10N8O. The lowest BCUT2D eigenvalue weighted by Crippen LogP contribution is -2.05. The van der Waals surface area contributed by atoms with Crippen LogP contribution in [0.1, 0.15) is 5.82 Å². The maximum atomic E-state index is 5.09. The largest absolute Gasteiger partial charge is 0.497 e. The van der Waals surface area contributed by atoms with E-state index >= 15 is 0 Å². The molecule has 0 spiro atoms. The Morgan fingerprint density at radius 3 is 2.74 bits per heavy atom. The number of nitrogens with zero attached hydrogens (tertiary/aromatic N) is 7. The maximum Gasteiger partial charge on any atom is 0.204 e. The molecule has 0 saturated heterocycles. The van der Waals surface area contributed by atoms with Crippen molar-refractivity contribution in [3.05, 3.63) is 30.1 Å². The van der Waals surface area contributed by atoms with Crippen molar-refractivity contribution in [2.75, 3.05) is 7.11 Å². The Morgan fingerprint density at radius 1 is 1.21 bits per heavy atom. The van der Waals surface area contributed by atoms with Crippen molar-refractivity contribution in [3.8, 4) is 17.1 Å². The number of rotatable bonds is 4. The van der Waals surface area contributed by atoms with Crippen LogP contribution in [0.4, 0.5) is 0 Å². The Hall–Kier alpha value is -2.84. The number of H-pyrrole nitrogens is 1. The predicted molar refractivity (Wildman–Crippen MR) is 63.1 cm³/mol. The second-order valence-corrected chi connectivity index (χ2v) is 3.70. The van der Waals surface area contributed by atoms with E-state index in [0.29, 0.717) is 18.2 Å². The highest BCUT2D eigenvalue weighted by Crippen LogP contribution is 2.18. The summed E-state index contributed by atoms with van der Waals surface area (Å²) >= 11 is 0. The Labute approximate surface area is 107 Å². The molecule has 9 heteroatoms. The van der Waals surface area contributed by atoms with Crippen molar-refractivity contribution in [2.45, 2.75) is 6.54 Å². The number of aromatic amines is 1. The van der Waals surface area contributed by atoms with Crippen molar-refractivity contribution >= 4 is 0 Å². The molecule has 0 unspecified atom stereocenters. The highest BCUT2D eigenvalue weighted by atomic mass is 16.5. The van der Waals surface area contributed by atoms with E-state index in [1.54, 1.807) is 7.11 Å². The molecule has 0 aliphatic heterocycles. The fourth-order valence-electron chi connectivity index (χ4n) is 1.54. The fraction of sp³-hybridized carbons (Fsp3) is 0.200. The third-order valence-corrected chi connectivity index (χ3v) is 2.47. The van der Waals surface area contributed by atoms with Crippen LogP contribution in [0, 0.1) is 0 Å². The van der Waals surface area contributed by atoms with Gasteiger partial charge in [-0.1, -0.05) is 5.21 Å². The van der Waals surface area contributed by atoms with Crippen LogP contribution in [0.15, 0.2) is 24.3 Å². The van der Waals surface area contributed by atoms with Gasteiger partial charge < -0.3 is 4.74 Å². The lowest BCUT2D eigenvalue weighted by Gasteiger charge is -1.99. The molecule has 0 aliphatic carbocycles. The van der Waals surface area contributed by atoms with Crippen molar-refractivity contribution in [1.29, 1.82) is 0 Å². The van der Waals surface area contributed by atoms with Gasteiger partial charge in [-0.2, -0.15) is 10.0 Å². The fourth-order valence-corrected chi connectivity index (χ4v) is 1.54. The Bertz CT molecular complexity index is 644. The van der Waals surface area contributed by atoms with E-state index in [9.17, 15) is 0 Å². The number of methoxy groups -OCH3 is 1. The van der Waals surface area contributed by atoms with Crippen LogP contribution < -0.4 is 4.74 Å². The molecule has 0 aliphatic rings. The van der Waals surface area contributed by atoms with Crippen LogP contribution >= 0.6 is 0 Å². The smallest absolute Gasteiger partial charge is 0.204 e. The first-order chi connectivity index (χ1) is 9.35. The van der Waals surface area contributed by atoms with Crippen LogP contribution in [0.2, 0.25) is 0 Å². The Morgan fingerprint density at radius 2 is 2.05 bits per heavy atom. The third kappa shape index (κ3) is 2.39. The summed E-state index contributed by atoms with van der Waals surface area (Å²) < 4.78 is 5.09. The normalized spacial score (nSPS) is 10.6. The molecule has 96 valence electrons. The molecule has 3 rings (SSSR count).